The third-order valence-corrected chi connectivity index (χ3v) is 5.30. The smallest absolute Gasteiger partial charge is 0.191 e. The third kappa shape index (κ3) is 6.49. The molecule has 6 nitrogen and oxygen atoms in total. The monoisotopic (exact) mass is 502 g/mol. The number of aliphatic imine (C=N–C) groups is 1. The molecule has 2 heterocycles. The first kappa shape index (κ1) is 23.2. The van der Waals surface area contributed by atoms with Gasteiger partial charge in [0.1, 0.15) is 5.75 Å². The Morgan fingerprint density at radius 2 is 2.18 bits per heavy atom. The summed E-state index contributed by atoms with van der Waals surface area (Å²) in [6.07, 6.45) is 2.01. The Hall–Kier alpha value is -1.06. The van der Waals surface area contributed by atoms with Crippen LogP contribution in [-0.2, 0) is 17.6 Å². The van der Waals surface area contributed by atoms with Crippen LogP contribution in [0, 0.1) is 0 Å². The van der Waals surface area contributed by atoms with Crippen molar-refractivity contribution in [2.45, 2.75) is 45.7 Å². The van der Waals surface area contributed by atoms with Gasteiger partial charge in [-0.3, -0.25) is 9.89 Å². The highest BCUT2D eigenvalue weighted by molar-refractivity contribution is 14.0. The zero-order valence-electron chi connectivity index (χ0n) is 17.4. The maximum atomic E-state index is 5.58. The summed E-state index contributed by atoms with van der Waals surface area (Å²) < 4.78 is 11.1. The van der Waals surface area contributed by atoms with Crippen LogP contribution in [0.25, 0.3) is 0 Å². The molecule has 0 aromatic heterocycles. The molecule has 0 bridgehead atoms. The van der Waals surface area contributed by atoms with E-state index in [4.69, 9.17) is 14.5 Å². The molecule has 2 atom stereocenters. The van der Waals surface area contributed by atoms with Crippen molar-refractivity contribution in [1.29, 1.82) is 0 Å². The lowest BCUT2D eigenvalue weighted by Crippen LogP contribution is -2.49. The van der Waals surface area contributed by atoms with Crippen LogP contribution in [0.5, 0.6) is 5.75 Å². The molecule has 2 aliphatic heterocycles. The fraction of sp³-hybridized carbons (Fsp3) is 0.667. The topological polar surface area (TPSA) is 58.1 Å². The molecule has 0 spiro atoms. The molecule has 2 N–H and O–H groups in total. The molecule has 0 aliphatic carbocycles. The van der Waals surface area contributed by atoms with Crippen LogP contribution in [0.2, 0.25) is 0 Å². The molecular formula is C21H35IN4O2. The fourth-order valence-corrected chi connectivity index (χ4v) is 3.79. The van der Waals surface area contributed by atoms with Gasteiger partial charge in [-0.2, -0.15) is 0 Å². The van der Waals surface area contributed by atoms with Gasteiger partial charge in [0, 0.05) is 38.1 Å². The lowest BCUT2D eigenvalue weighted by atomic mass is 10.1. The van der Waals surface area contributed by atoms with Crippen LogP contribution in [0.3, 0.4) is 0 Å². The van der Waals surface area contributed by atoms with E-state index in [1.54, 1.807) is 0 Å². The van der Waals surface area contributed by atoms with E-state index in [9.17, 15) is 0 Å². The summed E-state index contributed by atoms with van der Waals surface area (Å²) in [4.78, 5) is 7.29. The molecule has 158 valence electrons. The van der Waals surface area contributed by atoms with Crippen molar-refractivity contribution in [3.05, 3.63) is 29.3 Å². The van der Waals surface area contributed by atoms with Crippen molar-refractivity contribution in [2.24, 2.45) is 4.99 Å². The molecule has 1 aromatic rings. The number of nitrogens with zero attached hydrogens (tertiary/aromatic N) is 2. The van der Waals surface area contributed by atoms with E-state index in [1.807, 2.05) is 0 Å². The molecular weight excluding hydrogens is 467 g/mol. The average Bonchev–Trinajstić information content (AvgIpc) is 3.14. The van der Waals surface area contributed by atoms with Crippen molar-refractivity contribution in [1.82, 2.24) is 15.5 Å². The van der Waals surface area contributed by atoms with Gasteiger partial charge in [-0.05, 0) is 44.4 Å². The van der Waals surface area contributed by atoms with Gasteiger partial charge in [-0.1, -0.05) is 12.1 Å². The summed E-state index contributed by atoms with van der Waals surface area (Å²) in [6, 6.07) is 7.41. The Labute approximate surface area is 186 Å². The van der Waals surface area contributed by atoms with E-state index in [0.29, 0.717) is 12.1 Å². The molecule has 3 rings (SSSR count). The Balaban J connectivity index is 0.00000280. The van der Waals surface area contributed by atoms with Crippen LogP contribution >= 0.6 is 24.0 Å². The minimum atomic E-state index is 0. The van der Waals surface area contributed by atoms with Crippen LogP contribution in [0.1, 0.15) is 31.9 Å². The van der Waals surface area contributed by atoms with Crippen molar-refractivity contribution in [3.8, 4) is 5.75 Å². The number of fused-ring (bicyclic) bond motifs is 1. The number of halogens is 1. The van der Waals surface area contributed by atoms with Gasteiger partial charge in [0.2, 0.25) is 0 Å². The number of ether oxygens (including phenoxy) is 2. The quantitative estimate of drug-likeness (QED) is 0.341. The van der Waals surface area contributed by atoms with E-state index < -0.39 is 0 Å². The first-order valence-electron chi connectivity index (χ1n) is 10.3. The average molecular weight is 502 g/mol. The van der Waals surface area contributed by atoms with Crippen molar-refractivity contribution >= 4 is 29.9 Å². The Morgan fingerprint density at radius 3 is 2.96 bits per heavy atom. The molecule has 1 saturated heterocycles. The number of guanidine groups is 1. The molecule has 7 heteroatoms. The minimum absolute atomic E-state index is 0. The Bertz CT molecular complexity index is 641. The largest absolute Gasteiger partial charge is 0.493 e. The van der Waals surface area contributed by atoms with Crippen molar-refractivity contribution in [2.75, 3.05) is 46.0 Å². The van der Waals surface area contributed by atoms with Gasteiger partial charge < -0.3 is 20.1 Å². The number of nitrogens with one attached hydrogen (secondary N) is 2. The lowest BCUT2D eigenvalue weighted by molar-refractivity contribution is -0.0165. The maximum absolute atomic E-state index is 5.58. The van der Waals surface area contributed by atoms with Gasteiger partial charge in [-0.15, -0.1) is 24.0 Å². The second-order valence-corrected chi connectivity index (χ2v) is 7.45. The maximum Gasteiger partial charge on any atom is 0.191 e. The summed E-state index contributed by atoms with van der Waals surface area (Å²) in [6.45, 7) is 12.5. The molecule has 0 radical (unpaired) electrons. The van der Waals surface area contributed by atoms with E-state index in [2.05, 4.69) is 54.5 Å². The fourth-order valence-electron chi connectivity index (χ4n) is 3.79. The highest BCUT2D eigenvalue weighted by atomic mass is 127. The molecule has 0 saturated carbocycles. The summed E-state index contributed by atoms with van der Waals surface area (Å²) in [7, 11) is 0. The highest BCUT2D eigenvalue weighted by Gasteiger charge is 2.23. The zero-order valence-corrected chi connectivity index (χ0v) is 19.7. The number of benzene rings is 1. The highest BCUT2D eigenvalue weighted by Crippen LogP contribution is 2.25. The van der Waals surface area contributed by atoms with E-state index in [0.717, 1.165) is 70.6 Å². The number of rotatable bonds is 7. The first-order valence-corrected chi connectivity index (χ1v) is 10.3. The second kappa shape index (κ2) is 11.8. The summed E-state index contributed by atoms with van der Waals surface area (Å²) >= 11 is 0. The van der Waals surface area contributed by atoms with Gasteiger partial charge in [-0.25, -0.2) is 0 Å². The Kier molecular flexibility index (Phi) is 9.81. The van der Waals surface area contributed by atoms with Gasteiger partial charge in [0.05, 0.1) is 26.4 Å². The zero-order chi connectivity index (χ0) is 19.1. The summed E-state index contributed by atoms with van der Waals surface area (Å²) in [5.74, 6) is 1.95. The predicted octanol–water partition coefficient (Wildman–Crippen LogP) is 2.45. The summed E-state index contributed by atoms with van der Waals surface area (Å²) in [5.41, 5.74) is 2.68. The van der Waals surface area contributed by atoms with E-state index >= 15 is 0 Å². The number of morpholine rings is 1. The van der Waals surface area contributed by atoms with Crippen LogP contribution in [0.4, 0.5) is 0 Å². The SMILES string of the molecule is CCNC(=NCC(C)N1CCOCC1C)NCCc1ccc2c(c1)CCO2.I. The van der Waals surface area contributed by atoms with Gasteiger partial charge in [0.25, 0.3) is 0 Å². The first-order chi connectivity index (χ1) is 13.2. The van der Waals surface area contributed by atoms with E-state index in [1.165, 1.54) is 11.1 Å². The number of hydrogen-bond donors (Lipinski definition) is 2. The molecule has 2 unspecified atom stereocenters. The van der Waals surface area contributed by atoms with Gasteiger partial charge >= 0.3 is 0 Å². The molecule has 28 heavy (non-hydrogen) atoms. The Morgan fingerprint density at radius 1 is 1.32 bits per heavy atom. The van der Waals surface area contributed by atoms with Crippen molar-refractivity contribution < 1.29 is 9.47 Å². The molecule has 0 amide bonds. The predicted molar refractivity (Wildman–Crippen MR) is 125 cm³/mol. The van der Waals surface area contributed by atoms with Crippen molar-refractivity contribution in [3.63, 3.8) is 0 Å². The molecule has 1 fully saturated rings. The minimum Gasteiger partial charge on any atom is -0.493 e. The number of hydrogen-bond acceptors (Lipinski definition) is 4. The van der Waals surface area contributed by atoms with Crippen LogP contribution in [-0.4, -0.2) is 68.9 Å². The van der Waals surface area contributed by atoms with Crippen LogP contribution < -0.4 is 15.4 Å². The standard InChI is InChI=1S/C21H34N4O2.HI/c1-4-22-21(24-14-16(2)25-10-12-26-15-17(25)3)23-9-7-18-5-6-20-19(13-18)8-11-27-20;/h5-6,13,16-17H,4,7-12,14-15H2,1-3H3,(H2,22,23,24);1H. The van der Waals surface area contributed by atoms with E-state index in [-0.39, 0.29) is 24.0 Å². The summed E-state index contributed by atoms with van der Waals surface area (Å²) in [5, 5.41) is 6.83. The normalized spacial score (nSPS) is 20.7. The third-order valence-electron chi connectivity index (χ3n) is 5.30. The molecule has 2 aliphatic rings. The van der Waals surface area contributed by atoms with Crippen LogP contribution in [0.15, 0.2) is 23.2 Å². The van der Waals surface area contributed by atoms with Gasteiger partial charge in [0.15, 0.2) is 5.96 Å². The second-order valence-electron chi connectivity index (χ2n) is 7.45. The molecule has 1 aromatic carbocycles. The lowest BCUT2D eigenvalue weighted by Gasteiger charge is -2.37.